The Morgan fingerprint density at radius 3 is 2.87 bits per heavy atom. The molecule has 0 spiro atoms. The van der Waals surface area contributed by atoms with Crippen molar-refractivity contribution in [2.24, 2.45) is 5.73 Å². The average Bonchev–Trinajstić information content (AvgIpc) is 3.09. The summed E-state index contributed by atoms with van der Waals surface area (Å²) in [4.78, 5) is 4.16. The fourth-order valence-electron chi connectivity index (χ4n) is 2.37. The zero-order valence-corrected chi connectivity index (χ0v) is 12.7. The Morgan fingerprint density at radius 1 is 1.17 bits per heavy atom. The molecule has 3 N–H and O–H groups in total. The molecule has 118 valence electrons. The smallest absolute Gasteiger partial charge is 0.0963 e. The second-order valence-corrected chi connectivity index (χ2v) is 5.34. The molecular weight excluding hydrogens is 290 g/mol. The maximum atomic E-state index is 10.1. The Balaban J connectivity index is 1.65. The van der Waals surface area contributed by atoms with Crippen molar-refractivity contribution in [3.8, 4) is 5.69 Å². The lowest BCUT2D eigenvalue weighted by Gasteiger charge is -2.07. The van der Waals surface area contributed by atoms with E-state index < -0.39 is 6.10 Å². The molecule has 0 bridgehead atoms. The van der Waals surface area contributed by atoms with Crippen LogP contribution >= 0.6 is 0 Å². The van der Waals surface area contributed by atoms with E-state index in [1.807, 2.05) is 48.7 Å². The van der Waals surface area contributed by atoms with Gasteiger partial charge < -0.3 is 10.8 Å². The first-order chi connectivity index (χ1) is 11.3. The van der Waals surface area contributed by atoms with Crippen molar-refractivity contribution in [2.75, 3.05) is 0 Å². The number of aliphatic hydroxyl groups excluding tert-OH is 1. The van der Waals surface area contributed by atoms with E-state index in [0.717, 1.165) is 16.9 Å². The molecule has 0 aliphatic rings. The van der Waals surface area contributed by atoms with E-state index in [4.69, 9.17) is 5.73 Å². The van der Waals surface area contributed by atoms with Crippen molar-refractivity contribution in [3.05, 3.63) is 71.8 Å². The molecule has 23 heavy (non-hydrogen) atoms. The maximum Gasteiger partial charge on any atom is 0.0963 e. The summed E-state index contributed by atoms with van der Waals surface area (Å²) in [7, 11) is 0. The molecule has 2 aromatic heterocycles. The van der Waals surface area contributed by atoms with Gasteiger partial charge in [-0.1, -0.05) is 23.4 Å². The van der Waals surface area contributed by atoms with E-state index in [0.29, 0.717) is 25.1 Å². The molecule has 1 aromatic carbocycles. The number of nitrogens with two attached hydrogens (primary N) is 1. The number of aliphatic hydroxyl groups is 1. The summed E-state index contributed by atoms with van der Waals surface area (Å²) < 4.78 is 1.72. The van der Waals surface area contributed by atoms with Crippen molar-refractivity contribution in [1.82, 2.24) is 20.0 Å². The third-order valence-corrected chi connectivity index (χ3v) is 3.65. The molecule has 0 saturated heterocycles. The molecule has 6 nitrogen and oxygen atoms in total. The second kappa shape index (κ2) is 7.13. The number of aromatic nitrogens is 4. The molecule has 0 fully saturated rings. The molecule has 0 aliphatic carbocycles. The SMILES string of the molecule is NCc1cccc(-n2cc(CCC(O)c3ccccn3)nn2)c1. The van der Waals surface area contributed by atoms with Gasteiger partial charge in [0.15, 0.2) is 0 Å². The highest BCUT2D eigenvalue weighted by molar-refractivity contribution is 5.35. The van der Waals surface area contributed by atoms with E-state index in [2.05, 4.69) is 15.3 Å². The highest BCUT2D eigenvalue weighted by Gasteiger charge is 2.10. The number of aryl methyl sites for hydroxylation is 1. The molecule has 0 saturated carbocycles. The predicted octanol–water partition coefficient (Wildman–Crippen LogP) is 1.79. The van der Waals surface area contributed by atoms with Crippen LogP contribution in [0.3, 0.4) is 0 Å². The fraction of sp³-hybridized carbons (Fsp3) is 0.235. The van der Waals surface area contributed by atoms with Gasteiger partial charge in [0.05, 0.1) is 29.4 Å². The van der Waals surface area contributed by atoms with Crippen molar-refractivity contribution < 1.29 is 5.11 Å². The van der Waals surface area contributed by atoms with Crippen molar-refractivity contribution in [2.45, 2.75) is 25.5 Å². The first-order valence-electron chi connectivity index (χ1n) is 7.56. The minimum absolute atomic E-state index is 0.492. The van der Waals surface area contributed by atoms with Crippen LogP contribution in [0, 0.1) is 0 Å². The van der Waals surface area contributed by atoms with Crippen molar-refractivity contribution in [3.63, 3.8) is 0 Å². The van der Waals surface area contributed by atoms with Gasteiger partial charge >= 0.3 is 0 Å². The Bertz CT molecular complexity index is 756. The van der Waals surface area contributed by atoms with E-state index in [1.54, 1.807) is 10.9 Å². The standard InChI is InChI=1S/C17H19N5O/c18-11-13-4-3-5-15(10-13)22-12-14(20-21-22)7-8-17(23)16-6-1-2-9-19-16/h1-6,9-10,12,17,23H,7-8,11,18H2. The van der Waals surface area contributed by atoms with Crippen LogP contribution in [0.25, 0.3) is 5.69 Å². The molecule has 0 radical (unpaired) electrons. The lowest BCUT2D eigenvalue weighted by Crippen LogP contribution is -2.02. The van der Waals surface area contributed by atoms with Crippen LogP contribution in [-0.4, -0.2) is 25.1 Å². The fourth-order valence-corrected chi connectivity index (χ4v) is 2.37. The molecule has 3 rings (SSSR count). The molecule has 1 unspecified atom stereocenters. The van der Waals surface area contributed by atoms with Gasteiger partial charge in [0.2, 0.25) is 0 Å². The zero-order chi connectivity index (χ0) is 16.1. The number of nitrogens with zero attached hydrogens (tertiary/aromatic N) is 4. The minimum Gasteiger partial charge on any atom is -0.387 e. The number of hydrogen-bond donors (Lipinski definition) is 2. The van der Waals surface area contributed by atoms with Gasteiger partial charge in [-0.3, -0.25) is 4.98 Å². The lowest BCUT2D eigenvalue weighted by atomic mass is 10.1. The summed E-state index contributed by atoms with van der Waals surface area (Å²) in [5.74, 6) is 0. The molecule has 2 heterocycles. The second-order valence-electron chi connectivity index (χ2n) is 5.34. The predicted molar refractivity (Wildman–Crippen MR) is 86.8 cm³/mol. The molecular formula is C17H19N5O. The van der Waals surface area contributed by atoms with Gasteiger partial charge in [-0.05, 0) is 42.7 Å². The van der Waals surface area contributed by atoms with Crippen LogP contribution in [-0.2, 0) is 13.0 Å². The quantitative estimate of drug-likeness (QED) is 0.724. The largest absolute Gasteiger partial charge is 0.387 e. The summed E-state index contributed by atoms with van der Waals surface area (Å²) in [6.07, 6.45) is 4.15. The van der Waals surface area contributed by atoms with Crippen molar-refractivity contribution >= 4 is 0 Å². The summed E-state index contributed by atoms with van der Waals surface area (Å²) in [6.45, 7) is 0.492. The summed E-state index contributed by atoms with van der Waals surface area (Å²) in [5.41, 5.74) is 9.14. The molecule has 1 atom stereocenters. The Morgan fingerprint density at radius 2 is 2.09 bits per heavy atom. The molecule has 3 aromatic rings. The maximum absolute atomic E-state index is 10.1. The third kappa shape index (κ3) is 3.80. The minimum atomic E-state index is -0.595. The number of benzene rings is 1. The summed E-state index contributed by atoms with van der Waals surface area (Å²) in [5, 5.41) is 18.4. The van der Waals surface area contributed by atoms with Gasteiger partial charge in [-0.2, -0.15) is 0 Å². The summed E-state index contributed by atoms with van der Waals surface area (Å²) >= 11 is 0. The van der Waals surface area contributed by atoms with Gasteiger partial charge in [0.1, 0.15) is 0 Å². The van der Waals surface area contributed by atoms with Gasteiger partial charge in [0.25, 0.3) is 0 Å². The van der Waals surface area contributed by atoms with Crippen LogP contribution in [0.5, 0.6) is 0 Å². The van der Waals surface area contributed by atoms with E-state index in [9.17, 15) is 5.11 Å². The van der Waals surface area contributed by atoms with Crippen LogP contribution in [0.2, 0.25) is 0 Å². The van der Waals surface area contributed by atoms with Gasteiger partial charge in [-0.25, -0.2) is 4.68 Å². The molecule has 0 amide bonds. The van der Waals surface area contributed by atoms with Crippen molar-refractivity contribution in [1.29, 1.82) is 0 Å². The summed E-state index contributed by atoms with van der Waals surface area (Å²) in [6, 6.07) is 13.4. The third-order valence-electron chi connectivity index (χ3n) is 3.65. The Hall–Kier alpha value is -2.57. The monoisotopic (exact) mass is 309 g/mol. The van der Waals surface area contributed by atoms with Gasteiger partial charge in [0, 0.05) is 12.7 Å². The topological polar surface area (TPSA) is 89.8 Å². The van der Waals surface area contributed by atoms with E-state index in [1.165, 1.54) is 0 Å². The highest BCUT2D eigenvalue weighted by atomic mass is 16.3. The number of hydrogen-bond acceptors (Lipinski definition) is 5. The zero-order valence-electron chi connectivity index (χ0n) is 12.7. The Kier molecular flexibility index (Phi) is 4.75. The Labute approximate surface area is 134 Å². The number of pyridine rings is 1. The van der Waals surface area contributed by atoms with Crippen LogP contribution in [0.1, 0.15) is 29.5 Å². The first-order valence-corrected chi connectivity index (χ1v) is 7.56. The van der Waals surface area contributed by atoms with E-state index >= 15 is 0 Å². The first kappa shape index (κ1) is 15.3. The van der Waals surface area contributed by atoms with E-state index in [-0.39, 0.29) is 0 Å². The molecule has 6 heteroatoms. The normalized spacial score (nSPS) is 12.3. The van der Waals surface area contributed by atoms with Crippen LogP contribution in [0.15, 0.2) is 54.9 Å². The van der Waals surface area contributed by atoms with Crippen LogP contribution in [0.4, 0.5) is 0 Å². The average molecular weight is 309 g/mol. The highest BCUT2D eigenvalue weighted by Crippen LogP contribution is 2.16. The van der Waals surface area contributed by atoms with Gasteiger partial charge in [-0.15, -0.1) is 5.10 Å². The molecule has 0 aliphatic heterocycles. The number of rotatable bonds is 6. The lowest BCUT2D eigenvalue weighted by molar-refractivity contribution is 0.162. The van der Waals surface area contributed by atoms with Crippen LogP contribution < -0.4 is 5.73 Å².